The maximum Gasteiger partial charge on any atom is 0.315 e. The van der Waals surface area contributed by atoms with Crippen molar-refractivity contribution in [3.05, 3.63) is 65.7 Å². The van der Waals surface area contributed by atoms with E-state index in [2.05, 4.69) is 22.8 Å². The van der Waals surface area contributed by atoms with Crippen LogP contribution in [-0.2, 0) is 6.42 Å². The first-order chi connectivity index (χ1) is 11.6. The molecule has 0 saturated carbocycles. The first-order valence-electron chi connectivity index (χ1n) is 8.34. The highest BCUT2D eigenvalue weighted by molar-refractivity contribution is 5.74. The van der Waals surface area contributed by atoms with Gasteiger partial charge in [-0.15, -0.1) is 0 Å². The zero-order valence-corrected chi connectivity index (χ0v) is 14.6. The van der Waals surface area contributed by atoms with Gasteiger partial charge in [0.25, 0.3) is 0 Å². The number of para-hydroxylation sites is 1. The van der Waals surface area contributed by atoms with Gasteiger partial charge in [0.2, 0.25) is 0 Å². The van der Waals surface area contributed by atoms with E-state index in [1.807, 2.05) is 56.3 Å². The van der Waals surface area contributed by atoms with Gasteiger partial charge in [-0.2, -0.15) is 0 Å². The second kappa shape index (κ2) is 8.96. The fraction of sp³-hybridized carbons (Fsp3) is 0.350. The van der Waals surface area contributed by atoms with Gasteiger partial charge in [-0.1, -0.05) is 48.5 Å². The Kier molecular flexibility index (Phi) is 6.67. The maximum absolute atomic E-state index is 12.2. The molecule has 0 heterocycles. The summed E-state index contributed by atoms with van der Waals surface area (Å²) in [5.74, 6) is 0.780. The SMILES string of the molecule is COc1ccccc1[C@@H](C)NC(=O)N[C@H](C)CCc1ccccc1. The summed E-state index contributed by atoms with van der Waals surface area (Å²) < 4.78 is 5.34. The maximum atomic E-state index is 12.2. The van der Waals surface area contributed by atoms with Crippen LogP contribution in [0.5, 0.6) is 5.75 Å². The molecule has 0 radical (unpaired) electrons. The molecular formula is C20H26N2O2. The number of rotatable bonds is 7. The zero-order valence-electron chi connectivity index (χ0n) is 14.6. The Morgan fingerprint density at radius 3 is 2.38 bits per heavy atom. The molecule has 0 spiro atoms. The Morgan fingerprint density at radius 1 is 1.00 bits per heavy atom. The third-order valence-electron chi connectivity index (χ3n) is 4.04. The summed E-state index contributed by atoms with van der Waals surface area (Å²) in [7, 11) is 1.64. The second-order valence-corrected chi connectivity index (χ2v) is 6.01. The van der Waals surface area contributed by atoms with E-state index in [1.54, 1.807) is 7.11 Å². The van der Waals surface area contributed by atoms with E-state index < -0.39 is 0 Å². The van der Waals surface area contributed by atoms with E-state index >= 15 is 0 Å². The third kappa shape index (κ3) is 5.30. The molecule has 24 heavy (non-hydrogen) atoms. The Morgan fingerprint density at radius 2 is 1.67 bits per heavy atom. The predicted molar refractivity (Wildman–Crippen MR) is 97.3 cm³/mol. The van der Waals surface area contributed by atoms with Crippen LogP contribution in [0.2, 0.25) is 0 Å². The quantitative estimate of drug-likeness (QED) is 0.805. The van der Waals surface area contributed by atoms with Crippen LogP contribution in [0, 0.1) is 0 Å². The zero-order chi connectivity index (χ0) is 17.4. The van der Waals surface area contributed by atoms with Gasteiger partial charge >= 0.3 is 6.03 Å². The van der Waals surface area contributed by atoms with E-state index in [9.17, 15) is 4.79 Å². The number of methoxy groups -OCH3 is 1. The molecule has 2 N–H and O–H groups in total. The lowest BCUT2D eigenvalue weighted by Gasteiger charge is -2.20. The monoisotopic (exact) mass is 326 g/mol. The number of ether oxygens (including phenoxy) is 1. The summed E-state index contributed by atoms with van der Waals surface area (Å²) in [6, 6.07) is 17.8. The molecule has 0 saturated heterocycles. The van der Waals surface area contributed by atoms with Gasteiger partial charge in [-0.3, -0.25) is 0 Å². The number of aryl methyl sites for hydroxylation is 1. The Hall–Kier alpha value is -2.49. The molecule has 128 valence electrons. The normalized spacial score (nSPS) is 13.0. The summed E-state index contributed by atoms with van der Waals surface area (Å²) >= 11 is 0. The molecule has 0 aromatic heterocycles. The van der Waals surface area contributed by atoms with Crippen LogP contribution in [0.4, 0.5) is 4.79 Å². The fourth-order valence-electron chi connectivity index (χ4n) is 2.66. The van der Waals surface area contributed by atoms with E-state index in [0.29, 0.717) is 0 Å². The molecule has 2 rings (SSSR count). The number of hydrogen-bond donors (Lipinski definition) is 2. The number of benzene rings is 2. The lowest BCUT2D eigenvalue weighted by Crippen LogP contribution is -2.42. The first-order valence-corrected chi connectivity index (χ1v) is 8.34. The molecule has 0 unspecified atom stereocenters. The van der Waals surface area contributed by atoms with Gasteiger partial charge in [0, 0.05) is 11.6 Å². The molecule has 4 nitrogen and oxygen atoms in total. The van der Waals surface area contributed by atoms with Crippen molar-refractivity contribution in [1.29, 1.82) is 0 Å². The van der Waals surface area contributed by atoms with Crippen molar-refractivity contribution >= 4 is 6.03 Å². The standard InChI is InChI=1S/C20H26N2O2/c1-15(13-14-17-9-5-4-6-10-17)21-20(23)22-16(2)18-11-7-8-12-19(18)24-3/h4-12,15-16H,13-14H2,1-3H3,(H2,21,22,23)/t15-,16-/m1/s1. The predicted octanol–water partition coefficient (Wildman–Crippen LogP) is 4.08. The van der Waals surface area contributed by atoms with Gasteiger partial charge in [0.1, 0.15) is 5.75 Å². The topological polar surface area (TPSA) is 50.4 Å². The minimum absolute atomic E-state index is 0.107. The van der Waals surface area contributed by atoms with E-state index in [1.165, 1.54) is 5.56 Å². The van der Waals surface area contributed by atoms with Crippen LogP contribution in [0.25, 0.3) is 0 Å². The molecular weight excluding hydrogens is 300 g/mol. The number of hydrogen-bond acceptors (Lipinski definition) is 2. The molecule has 4 heteroatoms. The van der Waals surface area contributed by atoms with Crippen LogP contribution < -0.4 is 15.4 Å². The average molecular weight is 326 g/mol. The highest BCUT2D eigenvalue weighted by Gasteiger charge is 2.14. The van der Waals surface area contributed by atoms with Crippen molar-refractivity contribution in [2.45, 2.75) is 38.8 Å². The fourth-order valence-corrected chi connectivity index (χ4v) is 2.66. The molecule has 0 aliphatic rings. The van der Waals surface area contributed by atoms with E-state index in [0.717, 1.165) is 24.2 Å². The van der Waals surface area contributed by atoms with Crippen molar-refractivity contribution in [2.75, 3.05) is 7.11 Å². The molecule has 2 atom stereocenters. The largest absolute Gasteiger partial charge is 0.496 e. The van der Waals surface area contributed by atoms with Gasteiger partial charge < -0.3 is 15.4 Å². The molecule has 2 aromatic carbocycles. The van der Waals surface area contributed by atoms with Gasteiger partial charge in [0.15, 0.2) is 0 Å². The Balaban J connectivity index is 1.81. The number of urea groups is 1. The van der Waals surface area contributed by atoms with E-state index in [-0.39, 0.29) is 18.1 Å². The van der Waals surface area contributed by atoms with Crippen molar-refractivity contribution in [3.63, 3.8) is 0 Å². The molecule has 0 aliphatic heterocycles. The molecule has 0 aliphatic carbocycles. The summed E-state index contributed by atoms with van der Waals surface area (Å²) in [4.78, 5) is 12.2. The molecule has 2 aromatic rings. The summed E-state index contributed by atoms with van der Waals surface area (Å²) in [5.41, 5.74) is 2.25. The third-order valence-corrected chi connectivity index (χ3v) is 4.04. The van der Waals surface area contributed by atoms with Gasteiger partial charge in [0.05, 0.1) is 13.2 Å². The number of carbonyl (C=O) groups excluding carboxylic acids is 1. The number of nitrogens with one attached hydrogen (secondary N) is 2. The van der Waals surface area contributed by atoms with Crippen LogP contribution >= 0.6 is 0 Å². The smallest absolute Gasteiger partial charge is 0.315 e. The Labute approximate surface area is 144 Å². The number of carbonyl (C=O) groups is 1. The second-order valence-electron chi connectivity index (χ2n) is 6.01. The lowest BCUT2D eigenvalue weighted by atomic mass is 10.1. The summed E-state index contributed by atoms with van der Waals surface area (Å²) in [5, 5.41) is 5.97. The lowest BCUT2D eigenvalue weighted by molar-refractivity contribution is 0.234. The molecule has 0 bridgehead atoms. The first kappa shape index (κ1) is 17.9. The van der Waals surface area contributed by atoms with Gasteiger partial charge in [-0.25, -0.2) is 4.79 Å². The van der Waals surface area contributed by atoms with Gasteiger partial charge in [-0.05, 0) is 38.3 Å². The minimum Gasteiger partial charge on any atom is -0.496 e. The highest BCUT2D eigenvalue weighted by Crippen LogP contribution is 2.24. The van der Waals surface area contributed by atoms with Crippen molar-refractivity contribution < 1.29 is 9.53 Å². The van der Waals surface area contributed by atoms with E-state index in [4.69, 9.17) is 4.74 Å². The highest BCUT2D eigenvalue weighted by atomic mass is 16.5. The van der Waals surface area contributed by atoms with Crippen molar-refractivity contribution in [2.24, 2.45) is 0 Å². The van der Waals surface area contributed by atoms with Crippen LogP contribution in [0.15, 0.2) is 54.6 Å². The summed E-state index contributed by atoms with van der Waals surface area (Å²) in [6.45, 7) is 3.97. The summed E-state index contributed by atoms with van der Waals surface area (Å²) in [6.07, 6.45) is 1.85. The molecule has 2 amide bonds. The number of amides is 2. The average Bonchev–Trinajstić information content (AvgIpc) is 2.60. The van der Waals surface area contributed by atoms with Crippen molar-refractivity contribution in [1.82, 2.24) is 10.6 Å². The van der Waals surface area contributed by atoms with Crippen LogP contribution in [-0.4, -0.2) is 19.2 Å². The van der Waals surface area contributed by atoms with Crippen LogP contribution in [0.1, 0.15) is 37.4 Å². The Bertz CT molecular complexity index is 643. The minimum atomic E-state index is -0.158. The molecule has 0 fully saturated rings. The van der Waals surface area contributed by atoms with Crippen LogP contribution in [0.3, 0.4) is 0 Å². The van der Waals surface area contributed by atoms with Crippen molar-refractivity contribution in [3.8, 4) is 5.75 Å².